The molecule has 1 aliphatic rings. The van der Waals surface area contributed by atoms with Crippen LogP contribution in [0.25, 0.3) is 6.08 Å². The number of amides is 1. The molecule has 0 atom stereocenters. The number of nitrogens with two attached hydrogens (primary N) is 1. The average Bonchev–Trinajstić information content (AvgIpc) is 2.71. The Hall–Kier alpha value is -3.32. The monoisotopic (exact) mass is 396 g/mol. The number of nitrogens with one attached hydrogen (secondary N) is 1. The fraction of sp³-hybridized carbons (Fsp3) is 0.273. The molecule has 0 radical (unpaired) electrons. The van der Waals surface area contributed by atoms with Gasteiger partial charge in [-0.1, -0.05) is 0 Å². The lowest BCUT2D eigenvalue weighted by atomic mass is 9.94. The van der Waals surface area contributed by atoms with Crippen LogP contribution in [0.3, 0.4) is 0 Å². The number of anilines is 1. The Bertz CT molecular complexity index is 995. The maximum atomic E-state index is 13.5. The fourth-order valence-electron chi connectivity index (χ4n) is 3.09. The van der Waals surface area contributed by atoms with Crippen LogP contribution in [0, 0.1) is 0 Å². The molecule has 0 unspecified atom stereocenters. The second kappa shape index (κ2) is 7.97. The minimum Gasteiger partial charge on any atom is -0.497 e. The minimum absolute atomic E-state index is 0.204. The van der Waals surface area contributed by atoms with Gasteiger partial charge in [-0.2, -0.15) is 0 Å². The van der Waals surface area contributed by atoms with Gasteiger partial charge in [0.1, 0.15) is 22.8 Å². The minimum atomic E-state index is -0.578. The van der Waals surface area contributed by atoms with Crippen molar-refractivity contribution in [2.75, 3.05) is 26.1 Å². The number of fused-ring (bicyclic) bond motifs is 1. The Labute approximate surface area is 169 Å². The molecule has 0 fully saturated rings. The molecule has 7 heteroatoms. The number of methoxy groups -OCH3 is 2. The summed E-state index contributed by atoms with van der Waals surface area (Å²) in [7, 11) is 3.07. The molecule has 152 valence electrons. The third-order valence-corrected chi connectivity index (χ3v) is 4.57. The van der Waals surface area contributed by atoms with Crippen molar-refractivity contribution in [1.82, 2.24) is 0 Å². The maximum Gasteiger partial charge on any atom is 0.238 e. The van der Waals surface area contributed by atoms with Crippen molar-refractivity contribution in [2.24, 2.45) is 5.73 Å². The summed E-state index contributed by atoms with van der Waals surface area (Å²) in [5.74, 6) is 0.837. The van der Waals surface area contributed by atoms with Gasteiger partial charge in [-0.25, -0.2) is 0 Å². The second-order valence-electron chi connectivity index (χ2n) is 7.09. The van der Waals surface area contributed by atoms with E-state index in [-0.39, 0.29) is 12.3 Å². The van der Waals surface area contributed by atoms with Gasteiger partial charge in [0.15, 0.2) is 5.78 Å². The van der Waals surface area contributed by atoms with Gasteiger partial charge in [-0.15, -0.1) is 0 Å². The van der Waals surface area contributed by atoms with Gasteiger partial charge < -0.3 is 25.3 Å². The van der Waals surface area contributed by atoms with Crippen molar-refractivity contribution in [3.8, 4) is 17.2 Å². The van der Waals surface area contributed by atoms with Gasteiger partial charge in [-0.3, -0.25) is 9.59 Å². The van der Waals surface area contributed by atoms with E-state index in [9.17, 15) is 9.59 Å². The quantitative estimate of drug-likeness (QED) is 0.728. The van der Waals surface area contributed by atoms with Gasteiger partial charge >= 0.3 is 0 Å². The highest BCUT2D eigenvalue weighted by Gasteiger charge is 2.29. The molecule has 0 spiro atoms. The first-order chi connectivity index (χ1) is 13.8. The predicted octanol–water partition coefficient (Wildman–Crippen LogP) is 3.02. The lowest BCUT2D eigenvalue weighted by Gasteiger charge is -2.30. The van der Waals surface area contributed by atoms with E-state index >= 15 is 0 Å². The molecule has 29 heavy (non-hydrogen) atoms. The SMILES string of the molecule is COc1ccc(C(=O)c2ccc(OC)c3c2OC(C)(C)C=C3)c(NC(=O)CN)c1. The van der Waals surface area contributed by atoms with Gasteiger partial charge in [0.2, 0.25) is 5.91 Å². The lowest BCUT2D eigenvalue weighted by molar-refractivity contribution is -0.114. The van der Waals surface area contributed by atoms with Crippen LogP contribution in [0.15, 0.2) is 36.4 Å². The Morgan fingerprint density at radius 1 is 1.10 bits per heavy atom. The summed E-state index contributed by atoms with van der Waals surface area (Å²) >= 11 is 0. The van der Waals surface area contributed by atoms with Crippen LogP contribution in [0.4, 0.5) is 5.69 Å². The van der Waals surface area contributed by atoms with Crippen molar-refractivity contribution >= 4 is 23.5 Å². The highest BCUT2D eigenvalue weighted by Crippen LogP contribution is 2.41. The van der Waals surface area contributed by atoms with E-state index in [2.05, 4.69) is 5.32 Å². The van der Waals surface area contributed by atoms with E-state index in [1.54, 1.807) is 37.4 Å². The second-order valence-corrected chi connectivity index (χ2v) is 7.09. The van der Waals surface area contributed by atoms with E-state index in [1.165, 1.54) is 7.11 Å². The molecule has 0 aromatic heterocycles. The topological polar surface area (TPSA) is 99.9 Å². The molecule has 1 heterocycles. The van der Waals surface area contributed by atoms with E-state index in [1.807, 2.05) is 26.0 Å². The zero-order chi connectivity index (χ0) is 21.2. The molecule has 3 N–H and O–H groups in total. The molecule has 1 aliphatic heterocycles. The van der Waals surface area contributed by atoms with Crippen LogP contribution in [0.5, 0.6) is 17.2 Å². The van der Waals surface area contributed by atoms with Crippen LogP contribution in [-0.2, 0) is 4.79 Å². The van der Waals surface area contributed by atoms with Gasteiger partial charge in [0, 0.05) is 11.6 Å². The summed E-state index contributed by atoms with van der Waals surface area (Å²) in [5.41, 5.74) is 6.51. The molecule has 0 bridgehead atoms. The Morgan fingerprint density at radius 2 is 1.83 bits per heavy atom. The molecular weight excluding hydrogens is 372 g/mol. The molecule has 1 amide bonds. The molecule has 2 aromatic rings. The summed E-state index contributed by atoms with van der Waals surface area (Å²) in [5, 5.41) is 2.66. The van der Waals surface area contributed by atoms with Crippen LogP contribution >= 0.6 is 0 Å². The van der Waals surface area contributed by atoms with Crippen LogP contribution in [0.2, 0.25) is 0 Å². The molecular formula is C22H24N2O5. The first kappa shape index (κ1) is 20.4. The fourth-order valence-corrected chi connectivity index (χ4v) is 3.09. The third kappa shape index (κ3) is 4.09. The van der Waals surface area contributed by atoms with E-state index < -0.39 is 11.5 Å². The summed E-state index contributed by atoms with van der Waals surface area (Å²) in [4.78, 5) is 25.3. The summed E-state index contributed by atoms with van der Waals surface area (Å²) < 4.78 is 16.7. The first-order valence-corrected chi connectivity index (χ1v) is 9.11. The maximum absolute atomic E-state index is 13.5. The first-order valence-electron chi connectivity index (χ1n) is 9.11. The molecule has 0 aliphatic carbocycles. The van der Waals surface area contributed by atoms with Gasteiger partial charge in [0.05, 0.1) is 37.6 Å². The largest absolute Gasteiger partial charge is 0.497 e. The normalized spacial score (nSPS) is 13.8. The van der Waals surface area contributed by atoms with Gasteiger partial charge in [-0.05, 0) is 50.3 Å². The zero-order valence-corrected chi connectivity index (χ0v) is 16.9. The number of carbonyl (C=O) groups is 2. The predicted molar refractivity (Wildman–Crippen MR) is 111 cm³/mol. The molecule has 0 saturated heterocycles. The Balaban J connectivity index is 2.13. The van der Waals surface area contributed by atoms with E-state index in [4.69, 9.17) is 19.9 Å². The van der Waals surface area contributed by atoms with Crippen molar-refractivity contribution in [3.05, 3.63) is 53.1 Å². The van der Waals surface area contributed by atoms with Crippen LogP contribution < -0.4 is 25.3 Å². The summed E-state index contributed by atoms with van der Waals surface area (Å²) in [6.45, 7) is 3.60. The van der Waals surface area contributed by atoms with E-state index in [0.29, 0.717) is 39.6 Å². The highest BCUT2D eigenvalue weighted by molar-refractivity contribution is 6.16. The highest BCUT2D eigenvalue weighted by atomic mass is 16.5. The van der Waals surface area contributed by atoms with Crippen molar-refractivity contribution in [2.45, 2.75) is 19.4 Å². The third-order valence-electron chi connectivity index (χ3n) is 4.57. The number of hydrogen-bond donors (Lipinski definition) is 2. The summed E-state index contributed by atoms with van der Waals surface area (Å²) in [6.07, 6.45) is 3.80. The smallest absolute Gasteiger partial charge is 0.238 e. The van der Waals surface area contributed by atoms with Crippen molar-refractivity contribution in [3.63, 3.8) is 0 Å². The number of hydrogen-bond acceptors (Lipinski definition) is 6. The molecule has 3 rings (SSSR count). The lowest BCUT2D eigenvalue weighted by Crippen LogP contribution is -2.29. The Morgan fingerprint density at radius 3 is 2.48 bits per heavy atom. The molecule has 7 nitrogen and oxygen atoms in total. The molecule has 2 aromatic carbocycles. The van der Waals surface area contributed by atoms with Crippen molar-refractivity contribution in [1.29, 1.82) is 0 Å². The van der Waals surface area contributed by atoms with Crippen molar-refractivity contribution < 1.29 is 23.8 Å². The van der Waals surface area contributed by atoms with Crippen LogP contribution in [0.1, 0.15) is 35.3 Å². The zero-order valence-electron chi connectivity index (χ0n) is 16.9. The number of ketones is 1. The number of benzene rings is 2. The van der Waals surface area contributed by atoms with Gasteiger partial charge in [0.25, 0.3) is 0 Å². The summed E-state index contributed by atoms with van der Waals surface area (Å²) in [6, 6.07) is 8.23. The molecule has 0 saturated carbocycles. The van der Waals surface area contributed by atoms with E-state index in [0.717, 1.165) is 0 Å². The van der Waals surface area contributed by atoms with Crippen LogP contribution in [-0.4, -0.2) is 38.1 Å². The number of rotatable bonds is 6. The standard InChI is InChI=1S/C22H24N2O5/c1-22(2)10-9-15-18(28-4)8-7-16(21(15)29-22)20(26)14-6-5-13(27-3)11-17(14)24-19(25)12-23/h5-11H,12,23H2,1-4H3,(H,24,25). The number of ether oxygens (including phenoxy) is 3. The average molecular weight is 396 g/mol. The number of carbonyl (C=O) groups excluding carboxylic acids is 2. The Kier molecular flexibility index (Phi) is 5.61.